The predicted molar refractivity (Wildman–Crippen MR) is 55.2 cm³/mol. The van der Waals surface area contributed by atoms with E-state index < -0.39 is 10.8 Å². The first-order chi connectivity index (χ1) is 7.63. The van der Waals surface area contributed by atoms with E-state index in [9.17, 15) is 9.59 Å². The van der Waals surface area contributed by atoms with Crippen molar-refractivity contribution >= 4 is 11.9 Å². The third kappa shape index (κ3) is 0.731. The Morgan fingerprint density at radius 1 is 0.938 bits per heavy atom. The van der Waals surface area contributed by atoms with Crippen LogP contribution < -0.4 is 0 Å². The molecule has 0 unspecified atom stereocenters. The maximum atomic E-state index is 12.1. The number of allylic oxidation sites excluding steroid dienone is 2. The minimum Gasteiger partial charge on any atom is -0.392 e. The maximum Gasteiger partial charge on any atom is 0.321 e. The molecular weight excluding hydrogens is 204 g/mol. The molecule has 0 bridgehead atoms. The smallest absolute Gasteiger partial charge is 0.321 e. The molecule has 2 saturated carbocycles. The number of hydrogen-bond acceptors (Lipinski definition) is 3. The molecule has 0 aromatic carbocycles. The Morgan fingerprint density at radius 2 is 1.44 bits per heavy atom. The highest BCUT2D eigenvalue weighted by molar-refractivity contribution is 6.03. The molecule has 16 heavy (non-hydrogen) atoms. The molecule has 1 saturated heterocycles. The van der Waals surface area contributed by atoms with Gasteiger partial charge in [0.1, 0.15) is 0 Å². The monoisotopic (exact) mass is 218 g/mol. The zero-order valence-electron chi connectivity index (χ0n) is 9.12. The van der Waals surface area contributed by atoms with Crippen LogP contribution in [0.3, 0.4) is 0 Å². The maximum absolute atomic E-state index is 12.1. The first kappa shape index (κ1) is 8.97. The van der Waals surface area contributed by atoms with Crippen LogP contribution in [0, 0.1) is 16.2 Å². The molecule has 3 fully saturated rings. The van der Waals surface area contributed by atoms with E-state index in [-0.39, 0.29) is 11.9 Å². The Morgan fingerprint density at radius 3 is 1.88 bits per heavy atom. The lowest BCUT2D eigenvalue weighted by atomic mass is 9.61. The van der Waals surface area contributed by atoms with Gasteiger partial charge >= 0.3 is 11.9 Å². The zero-order chi connectivity index (χ0) is 11.0. The van der Waals surface area contributed by atoms with E-state index >= 15 is 0 Å². The highest BCUT2D eigenvalue weighted by Crippen LogP contribution is 2.75. The van der Waals surface area contributed by atoms with Crippen LogP contribution in [0.2, 0.25) is 0 Å². The molecule has 3 aliphatic carbocycles. The van der Waals surface area contributed by atoms with Crippen LogP contribution in [-0.2, 0) is 14.3 Å². The molecule has 4 rings (SSSR count). The van der Waals surface area contributed by atoms with Gasteiger partial charge in [-0.3, -0.25) is 9.59 Å². The minimum atomic E-state index is -0.491. The van der Waals surface area contributed by atoms with Crippen molar-refractivity contribution in [3.8, 4) is 0 Å². The Bertz CT molecular complexity index is 410. The van der Waals surface area contributed by atoms with Gasteiger partial charge in [-0.2, -0.15) is 0 Å². The van der Waals surface area contributed by atoms with Gasteiger partial charge in [-0.05, 0) is 43.9 Å². The summed E-state index contributed by atoms with van der Waals surface area (Å²) in [5, 5.41) is 0. The van der Waals surface area contributed by atoms with Crippen molar-refractivity contribution in [2.75, 3.05) is 0 Å². The molecular formula is C13H14O3. The second-order valence-corrected chi connectivity index (χ2v) is 6.07. The van der Waals surface area contributed by atoms with E-state index in [0.29, 0.717) is 18.3 Å². The van der Waals surface area contributed by atoms with Gasteiger partial charge in [0.15, 0.2) is 0 Å². The van der Waals surface area contributed by atoms with Gasteiger partial charge < -0.3 is 4.74 Å². The molecule has 1 aliphatic heterocycles. The highest BCUT2D eigenvalue weighted by Gasteiger charge is 2.77. The summed E-state index contributed by atoms with van der Waals surface area (Å²) in [6.07, 6.45) is 9.68. The van der Waals surface area contributed by atoms with Crippen LogP contribution in [-0.4, -0.2) is 11.9 Å². The number of cyclic esters (lactones) is 2. The van der Waals surface area contributed by atoms with Gasteiger partial charge in [0, 0.05) is 0 Å². The van der Waals surface area contributed by atoms with Gasteiger partial charge in [0.25, 0.3) is 0 Å². The summed E-state index contributed by atoms with van der Waals surface area (Å²) in [5.74, 6) is -0.490. The number of esters is 2. The largest absolute Gasteiger partial charge is 0.392 e. The summed E-state index contributed by atoms with van der Waals surface area (Å²) in [5.41, 5.74) is -0.675. The van der Waals surface area contributed by atoms with E-state index in [1.807, 2.05) is 0 Å². The highest BCUT2D eigenvalue weighted by atomic mass is 16.6. The molecule has 1 spiro atoms. The van der Waals surface area contributed by atoms with Crippen molar-refractivity contribution < 1.29 is 14.3 Å². The third-order valence-electron chi connectivity index (χ3n) is 5.29. The Hall–Kier alpha value is -1.12. The van der Waals surface area contributed by atoms with Gasteiger partial charge in [-0.15, -0.1) is 0 Å². The standard InChI is InChI=1S/C13H14O3/c14-9-12-3-1-2-4-13(12,10(15)16-9)8-11(7-12)5-6-11/h1-2H,3-8H2/t12-,13-/m0/s1. The molecule has 4 aliphatic rings. The number of rotatable bonds is 0. The molecule has 0 aromatic rings. The van der Waals surface area contributed by atoms with Crippen molar-refractivity contribution in [2.45, 2.75) is 38.5 Å². The van der Waals surface area contributed by atoms with Gasteiger partial charge in [0.05, 0.1) is 10.8 Å². The van der Waals surface area contributed by atoms with Gasteiger partial charge in [-0.25, -0.2) is 0 Å². The molecule has 0 amide bonds. The normalized spacial score (nSPS) is 46.8. The van der Waals surface area contributed by atoms with E-state index in [2.05, 4.69) is 12.2 Å². The molecule has 2 atom stereocenters. The summed E-state index contributed by atoms with van der Waals surface area (Å²) >= 11 is 0. The lowest BCUT2D eigenvalue weighted by Gasteiger charge is -2.35. The zero-order valence-corrected chi connectivity index (χ0v) is 9.12. The fourth-order valence-electron chi connectivity index (χ4n) is 4.30. The summed E-state index contributed by atoms with van der Waals surface area (Å²) in [6.45, 7) is 0. The molecule has 1 heterocycles. The third-order valence-corrected chi connectivity index (χ3v) is 5.29. The van der Waals surface area contributed by atoms with Crippen molar-refractivity contribution in [2.24, 2.45) is 16.2 Å². The second-order valence-electron chi connectivity index (χ2n) is 6.07. The average Bonchev–Trinajstić information content (AvgIpc) is 2.86. The molecule has 3 nitrogen and oxygen atoms in total. The second kappa shape index (κ2) is 2.27. The van der Waals surface area contributed by atoms with Crippen molar-refractivity contribution in [3.63, 3.8) is 0 Å². The quantitative estimate of drug-likeness (QED) is 0.354. The number of carbonyl (C=O) groups is 2. The molecule has 3 heteroatoms. The summed E-state index contributed by atoms with van der Waals surface area (Å²) < 4.78 is 4.96. The van der Waals surface area contributed by atoms with E-state index in [1.54, 1.807) is 0 Å². The van der Waals surface area contributed by atoms with Crippen LogP contribution >= 0.6 is 0 Å². The van der Waals surface area contributed by atoms with Crippen LogP contribution in [0.15, 0.2) is 12.2 Å². The van der Waals surface area contributed by atoms with Gasteiger partial charge in [0.2, 0.25) is 0 Å². The summed E-state index contributed by atoms with van der Waals surface area (Å²) in [6, 6.07) is 0. The fourth-order valence-corrected chi connectivity index (χ4v) is 4.30. The first-order valence-electron chi connectivity index (χ1n) is 6.04. The Labute approximate surface area is 93.8 Å². The molecule has 0 radical (unpaired) electrons. The Balaban J connectivity index is 1.93. The lowest BCUT2D eigenvalue weighted by molar-refractivity contribution is -0.157. The summed E-state index contributed by atoms with van der Waals surface area (Å²) in [7, 11) is 0. The molecule has 84 valence electrons. The van der Waals surface area contributed by atoms with Crippen LogP contribution in [0.5, 0.6) is 0 Å². The SMILES string of the molecule is O=C1OC(=O)[C@@]23CC=CC[C@]12CC1(CC1)C3. The summed E-state index contributed by atoms with van der Waals surface area (Å²) in [4.78, 5) is 24.1. The van der Waals surface area contributed by atoms with Crippen LogP contribution in [0.4, 0.5) is 0 Å². The van der Waals surface area contributed by atoms with Crippen molar-refractivity contribution in [3.05, 3.63) is 12.2 Å². The number of hydrogen-bond donors (Lipinski definition) is 0. The minimum absolute atomic E-state index is 0.245. The Kier molecular flexibility index (Phi) is 1.27. The van der Waals surface area contributed by atoms with Crippen LogP contribution in [0.25, 0.3) is 0 Å². The van der Waals surface area contributed by atoms with Gasteiger partial charge in [-0.1, -0.05) is 12.2 Å². The van der Waals surface area contributed by atoms with Crippen molar-refractivity contribution in [1.82, 2.24) is 0 Å². The number of carbonyl (C=O) groups excluding carboxylic acids is 2. The average molecular weight is 218 g/mol. The fraction of sp³-hybridized carbons (Fsp3) is 0.692. The molecule has 0 aromatic heterocycles. The van der Waals surface area contributed by atoms with Crippen molar-refractivity contribution in [1.29, 1.82) is 0 Å². The number of ether oxygens (including phenoxy) is 1. The lowest BCUT2D eigenvalue weighted by Crippen LogP contribution is -2.41. The van der Waals surface area contributed by atoms with E-state index in [4.69, 9.17) is 4.74 Å². The van der Waals surface area contributed by atoms with E-state index in [0.717, 1.165) is 12.8 Å². The topological polar surface area (TPSA) is 43.4 Å². The first-order valence-corrected chi connectivity index (χ1v) is 6.04. The van der Waals surface area contributed by atoms with E-state index in [1.165, 1.54) is 12.8 Å². The predicted octanol–water partition coefficient (Wildman–Crippen LogP) is 1.97. The van der Waals surface area contributed by atoms with Crippen LogP contribution in [0.1, 0.15) is 38.5 Å². The molecule has 0 N–H and O–H groups in total.